The fraction of sp³-hybridized carbons (Fsp3) is 0.375. The molecule has 33 heavy (non-hydrogen) atoms. The van der Waals surface area contributed by atoms with Gasteiger partial charge in [-0.25, -0.2) is 13.7 Å². The third-order valence-electron chi connectivity index (χ3n) is 4.58. The van der Waals surface area contributed by atoms with E-state index in [0.29, 0.717) is 11.3 Å². The first-order valence-electron chi connectivity index (χ1n) is 9.08. The summed E-state index contributed by atoms with van der Waals surface area (Å²) in [5, 5.41) is 22.4. The summed E-state index contributed by atoms with van der Waals surface area (Å²) in [6.45, 7) is -0.908. The van der Waals surface area contributed by atoms with Crippen LogP contribution in [0.25, 0.3) is 10.8 Å². The third kappa shape index (κ3) is 6.68. The fourth-order valence-electron chi connectivity index (χ4n) is 3.25. The summed E-state index contributed by atoms with van der Waals surface area (Å²) in [4.78, 5) is 35.8. The molecule has 1 fully saturated rings. The molecule has 0 aliphatic carbocycles. The smallest absolute Gasteiger partial charge is 0.490 e. The number of ether oxygens (including phenoxy) is 2. The maximum Gasteiger partial charge on any atom is 0.490 e. The van der Waals surface area contributed by atoms with Gasteiger partial charge >= 0.3 is 23.5 Å². The van der Waals surface area contributed by atoms with Crippen LogP contribution in [0.1, 0.15) is 11.7 Å². The highest BCUT2D eigenvalue weighted by atomic mass is 31.3. The highest BCUT2D eigenvalue weighted by molar-refractivity contribution is 7.66. The Morgan fingerprint density at radius 2 is 1.52 bits per heavy atom. The maximum absolute atomic E-state index is 11.9. The van der Waals surface area contributed by atoms with E-state index in [1.54, 1.807) is 18.2 Å². The number of phosphoric ester groups is 1. The second-order valence-corrected chi connectivity index (χ2v) is 11.3. The zero-order valence-electron chi connectivity index (χ0n) is 16.8. The number of aliphatic hydroxyl groups excluding tert-OH is 2. The zero-order valence-corrected chi connectivity index (χ0v) is 19.5. The molecule has 6 unspecified atom stereocenters. The van der Waals surface area contributed by atoms with Crippen molar-refractivity contribution >= 4 is 34.2 Å². The van der Waals surface area contributed by atoms with Gasteiger partial charge in [0, 0.05) is 5.56 Å². The number of hydrogen-bond donors (Lipinski definition) is 6. The molecule has 1 heterocycles. The van der Waals surface area contributed by atoms with E-state index >= 15 is 0 Å². The van der Waals surface area contributed by atoms with Gasteiger partial charge in [-0.3, -0.25) is 4.52 Å². The van der Waals surface area contributed by atoms with Gasteiger partial charge in [0.1, 0.15) is 30.2 Å². The maximum atomic E-state index is 11.9. The molecule has 0 bridgehead atoms. The summed E-state index contributed by atoms with van der Waals surface area (Å²) in [7, 11) is -15.2. The first kappa shape index (κ1) is 26.4. The molecule has 2 aromatic carbocycles. The molecule has 14 nitrogen and oxygen atoms in total. The van der Waals surface area contributed by atoms with Crippen LogP contribution in [0.2, 0.25) is 0 Å². The minimum atomic E-state index is -5.69. The lowest BCUT2D eigenvalue weighted by Crippen LogP contribution is -2.33. The lowest BCUT2D eigenvalue weighted by atomic mass is 9.97. The van der Waals surface area contributed by atoms with E-state index in [1.165, 1.54) is 7.11 Å². The fourth-order valence-corrected chi connectivity index (χ4v) is 6.28. The number of fused-ring (bicyclic) bond motifs is 1. The molecule has 0 aromatic heterocycles. The largest absolute Gasteiger partial charge is 0.496 e. The molecule has 0 spiro atoms. The average molecular weight is 530 g/mol. The molecule has 3 rings (SSSR count). The summed E-state index contributed by atoms with van der Waals surface area (Å²) in [5.41, 5.74) is 0.378. The van der Waals surface area contributed by atoms with E-state index in [9.17, 15) is 33.7 Å². The van der Waals surface area contributed by atoms with Crippen LogP contribution in [0.5, 0.6) is 5.75 Å². The van der Waals surface area contributed by atoms with Crippen LogP contribution in [0.4, 0.5) is 0 Å². The van der Waals surface area contributed by atoms with Gasteiger partial charge in [-0.2, -0.15) is 8.62 Å². The number of phosphoric acid groups is 3. The molecular weight excluding hydrogens is 509 g/mol. The molecule has 1 aliphatic rings. The number of rotatable bonds is 9. The molecular formula is C16H21O14P3. The second kappa shape index (κ2) is 9.80. The number of hydrogen-bond acceptors (Lipinski definition) is 10. The van der Waals surface area contributed by atoms with Crippen molar-refractivity contribution in [3.05, 3.63) is 42.0 Å². The van der Waals surface area contributed by atoms with E-state index in [0.717, 1.165) is 10.8 Å². The minimum absolute atomic E-state index is 0.346. The average Bonchev–Trinajstić information content (AvgIpc) is 2.97. The van der Waals surface area contributed by atoms with Crippen LogP contribution in [0.15, 0.2) is 36.4 Å². The summed E-state index contributed by atoms with van der Waals surface area (Å²) < 4.78 is 56.6. The summed E-state index contributed by atoms with van der Waals surface area (Å²) >= 11 is 0. The van der Waals surface area contributed by atoms with Gasteiger partial charge in [0.15, 0.2) is 0 Å². The Labute approximate surface area is 186 Å². The first-order chi connectivity index (χ1) is 15.2. The van der Waals surface area contributed by atoms with Crippen molar-refractivity contribution < 1.29 is 66.1 Å². The molecule has 0 radical (unpaired) electrons. The van der Waals surface area contributed by atoms with Crippen LogP contribution in [-0.4, -0.2) is 61.8 Å². The molecule has 0 amide bonds. The molecule has 6 N–H and O–H groups in total. The zero-order chi connectivity index (χ0) is 24.6. The normalized spacial score (nSPS) is 27.2. The Bertz CT molecular complexity index is 1150. The molecule has 2 aromatic rings. The molecule has 184 valence electrons. The molecule has 0 saturated carbocycles. The van der Waals surface area contributed by atoms with Crippen LogP contribution >= 0.6 is 23.5 Å². The Hall–Kier alpha value is -1.21. The van der Waals surface area contributed by atoms with Gasteiger partial charge in [-0.05, 0) is 22.9 Å². The van der Waals surface area contributed by atoms with Crippen molar-refractivity contribution in [3.8, 4) is 5.75 Å². The summed E-state index contributed by atoms with van der Waals surface area (Å²) in [6, 6.07) is 10.7. The van der Waals surface area contributed by atoms with E-state index in [2.05, 4.69) is 13.1 Å². The van der Waals surface area contributed by atoms with Gasteiger partial charge < -0.3 is 39.3 Å². The van der Waals surface area contributed by atoms with Crippen LogP contribution in [-0.2, 0) is 31.6 Å². The predicted molar refractivity (Wildman–Crippen MR) is 110 cm³/mol. The van der Waals surface area contributed by atoms with Crippen molar-refractivity contribution in [2.24, 2.45) is 0 Å². The monoisotopic (exact) mass is 530 g/mol. The van der Waals surface area contributed by atoms with Gasteiger partial charge in [0.2, 0.25) is 0 Å². The Kier molecular flexibility index (Phi) is 7.84. The predicted octanol–water partition coefficient (Wildman–Crippen LogP) is 1.35. The standard InChI is InChI=1S/C16H21O14P3/c1-26-12-7-10-5-3-2-4-9(10)6-11(12)16-15(18)14(17)13(28-16)8-27-32(22,23)30-33(24,25)29-31(19,20)21/h2-7,13-18H,8H2,1H3,(H,22,23)(H,24,25)(H2,19,20,21). The van der Waals surface area contributed by atoms with Gasteiger partial charge in [-0.1, -0.05) is 24.3 Å². The highest BCUT2D eigenvalue weighted by Crippen LogP contribution is 2.66. The quantitative estimate of drug-likeness (QED) is 0.252. The minimum Gasteiger partial charge on any atom is -0.496 e. The van der Waals surface area contributed by atoms with E-state index < -0.39 is 54.5 Å². The molecule has 6 atom stereocenters. The summed E-state index contributed by atoms with van der Waals surface area (Å²) in [5.74, 6) is 0.346. The third-order valence-corrected chi connectivity index (χ3v) is 8.39. The Morgan fingerprint density at radius 1 is 0.909 bits per heavy atom. The molecule has 17 heteroatoms. The van der Waals surface area contributed by atoms with Crippen molar-refractivity contribution in [3.63, 3.8) is 0 Å². The Balaban J connectivity index is 1.73. The van der Waals surface area contributed by atoms with Gasteiger partial charge in [0.25, 0.3) is 0 Å². The van der Waals surface area contributed by atoms with Gasteiger partial charge in [-0.15, -0.1) is 0 Å². The van der Waals surface area contributed by atoms with Crippen LogP contribution in [0.3, 0.4) is 0 Å². The first-order valence-corrected chi connectivity index (χ1v) is 13.6. The topological polar surface area (TPSA) is 219 Å². The lowest BCUT2D eigenvalue weighted by Gasteiger charge is -2.19. The summed E-state index contributed by atoms with van der Waals surface area (Å²) in [6.07, 6.45) is -5.65. The highest BCUT2D eigenvalue weighted by Gasteiger charge is 2.47. The number of benzene rings is 2. The van der Waals surface area contributed by atoms with E-state index in [-0.39, 0.29) is 0 Å². The second-order valence-electron chi connectivity index (χ2n) is 6.90. The lowest BCUT2D eigenvalue weighted by molar-refractivity contribution is -0.0227. The van der Waals surface area contributed by atoms with Crippen molar-refractivity contribution in [1.82, 2.24) is 0 Å². The number of aliphatic hydroxyl groups is 2. The number of methoxy groups -OCH3 is 1. The van der Waals surface area contributed by atoms with Crippen molar-refractivity contribution in [2.45, 2.75) is 24.4 Å². The van der Waals surface area contributed by atoms with Crippen molar-refractivity contribution in [2.75, 3.05) is 13.7 Å². The van der Waals surface area contributed by atoms with Gasteiger partial charge in [0.05, 0.1) is 13.7 Å². The molecule has 1 saturated heterocycles. The Morgan fingerprint density at radius 3 is 2.09 bits per heavy atom. The van der Waals surface area contributed by atoms with Crippen LogP contribution < -0.4 is 4.74 Å². The SMILES string of the molecule is COc1cc2ccccc2cc1C1OC(COP(=O)(O)OP(=O)(O)OP(=O)(O)O)C(O)C1O. The molecule has 1 aliphatic heterocycles. The van der Waals surface area contributed by atoms with E-state index in [4.69, 9.17) is 19.3 Å². The van der Waals surface area contributed by atoms with E-state index in [1.807, 2.05) is 18.2 Å². The van der Waals surface area contributed by atoms with Crippen LogP contribution in [0, 0.1) is 0 Å². The van der Waals surface area contributed by atoms with Crippen molar-refractivity contribution in [1.29, 1.82) is 0 Å².